The minimum absolute atomic E-state index is 0.0151. The van der Waals surface area contributed by atoms with E-state index in [-0.39, 0.29) is 6.71 Å². The van der Waals surface area contributed by atoms with Crippen molar-refractivity contribution in [3.05, 3.63) is 230 Å². The van der Waals surface area contributed by atoms with Crippen molar-refractivity contribution in [1.29, 1.82) is 0 Å². The molecule has 93 heavy (non-hydrogen) atoms. The van der Waals surface area contributed by atoms with Crippen LogP contribution in [-0.4, -0.2) is 41.7 Å². The van der Waals surface area contributed by atoms with Gasteiger partial charge in [0.25, 0.3) is 6.71 Å². The monoisotopic (exact) mass is 1230 g/mol. The van der Waals surface area contributed by atoms with E-state index in [0.29, 0.717) is 35.8 Å². The van der Waals surface area contributed by atoms with Crippen molar-refractivity contribution >= 4 is 98.2 Å². The lowest BCUT2D eigenvalue weighted by Crippen LogP contribution is -2.64. The molecule has 4 heterocycles. The van der Waals surface area contributed by atoms with E-state index in [4.69, 9.17) is 0 Å². The molecule has 5 aliphatic carbocycles. The molecule has 9 aromatic carbocycles. The number of benzene rings is 9. The zero-order chi connectivity index (χ0) is 61.5. The first-order valence-electron chi connectivity index (χ1n) is 36.7. The van der Waals surface area contributed by atoms with E-state index >= 15 is 0 Å². The summed E-state index contributed by atoms with van der Waals surface area (Å²) in [5.74, 6) is 5.61. The van der Waals surface area contributed by atoms with Crippen molar-refractivity contribution in [2.24, 2.45) is 23.7 Å². The molecular weight excluding hydrogens is 1140 g/mol. The van der Waals surface area contributed by atoms with Crippen LogP contribution in [0, 0.1) is 30.6 Å². The molecule has 4 nitrogen and oxygen atoms in total. The van der Waals surface area contributed by atoms with E-state index in [1.807, 2.05) is 0 Å². The average molecular weight is 1230 g/mol. The van der Waals surface area contributed by atoms with Gasteiger partial charge < -0.3 is 14.7 Å². The van der Waals surface area contributed by atoms with Gasteiger partial charge in [0, 0.05) is 73.6 Å². The molecule has 7 heteroatoms. The third-order valence-corrected chi connectivity index (χ3v) is 26.7. The Morgan fingerprint density at radius 3 is 1.81 bits per heavy atom. The highest BCUT2D eigenvalue weighted by molar-refractivity contribution is 8.00. The Morgan fingerprint density at radius 2 is 1.05 bits per heavy atom. The van der Waals surface area contributed by atoms with E-state index in [9.17, 15) is 0 Å². The van der Waals surface area contributed by atoms with Crippen LogP contribution < -0.4 is 36.6 Å². The fourth-order valence-corrected chi connectivity index (χ4v) is 23.3. The van der Waals surface area contributed by atoms with Crippen LogP contribution in [0.4, 0.5) is 51.2 Å². The van der Waals surface area contributed by atoms with E-state index in [1.54, 1.807) is 15.9 Å². The standard InChI is InChI=1S/C86H90B2N4S/c1-58-26-24-42-73(62-31-12-4-13-32-62)86(58)92-79-57-82-77(56-76(79)88-75-44-22-23-45-78(75)91(68-39-18-7-19-40-68)80-53-72(54-81(92)85(80)88)89(66-35-14-5-15-36-66)67-37-16-6-17-38-67)87-74-43-21-20-33-64(74)50-65-52-71(55-83(93-82)84(65)87)90(69-48-46-61(47-49-69)59-27-8-2-9-28-59)70-41-25-34-63(51-70)60-29-10-3-11-30-60/h2,4-9,12-19,22-24,26-28,31-32,35-40,42,44-45,53-54,56-57,60-61,63-65,69-71,74,83-84H,3,10-11,20-21,25,29-30,33-34,41,43,46-52,55H2,1H3. The summed E-state index contributed by atoms with van der Waals surface area (Å²) >= 11 is 2.37. The van der Waals surface area contributed by atoms with Crippen LogP contribution in [0.25, 0.3) is 11.1 Å². The van der Waals surface area contributed by atoms with E-state index in [0.717, 1.165) is 52.6 Å². The Bertz CT molecular complexity index is 4090. The van der Waals surface area contributed by atoms with Crippen molar-refractivity contribution in [2.45, 2.75) is 181 Å². The van der Waals surface area contributed by atoms with Gasteiger partial charge in [0.05, 0.1) is 11.4 Å². The van der Waals surface area contributed by atoms with Gasteiger partial charge in [0.15, 0.2) is 6.71 Å². The zero-order valence-electron chi connectivity index (χ0n) is 54.6. The minimum atomic E-state index is 0.0151. The summed E-state index contributed by atoms with van der Waals surface area (Å²) in [6, 6.07) is 86.0. The molecule has 1 saturated heterocycles. The summed E-state index contributed by atoms with van der Waals surface area (Å²) in [6.07, 6.45) is 28.4. The molecule has 5 saturated carbocycles. The molecule has 0 N–H and O–H groups in total. The van der Waals surface area contributed by atoms with Gasteiger partial charge in [-0.3, -0.25) is 4.90 Å². The van der Waals surface area contributed by atoms with Crippen LogP contribution in [-0.2, 0) is 0 Å². The van der Waals surface area contributed by atoms with Gasteiger partial charge in [-0.1, -0.05) is 240 Å². The molecule has 0 bridgehead atoms. The van der Waals surface area contributed by atoms with Crippen molar-refractivity contribution in [3.63, 3.8) is 0 Å². The lowest BCUT2D eigenvalue weighted by Gasteiger charge is -2.59. The summed E-state index contributed by atoms with van der Waals surface area (Å²) in [6.45, 7) is 2.98. The second kappa shape index (κ2) is 24.9. The number of anilines is 9. The first kappa shape index (κ1) is 58.4. The largest absolute Gasteiger partial charge is 0.311 e. The van der Waals surface area contributed by atoms with E-state index < -0.39 is 0 Å². The quantitative estimate of drug-likeness (QED) is 0.119. The van der Waals surface area contributed by atoms with Crippen LogP contribution in [0.5, 0.6) is 0 Å². The van der Waals surface area contributed by atoms with Gasteiger partial charge in [-0.25, -0.2) is 0 Å². The van der Waals surface area contributed by atoms with Gasteiger partial charge in [-0.05, 0) is 194 Å². The number of para-hydroxylation sites is 5. The molecular formula is C86H90B2N4S. The minimum Gasteiger partial charge on any atom is -0.311 e. The smallest absolute Gasteiger partial charge is 0.252 e. The number of nitrogens with zero attached hydrogens (tertiary/aromatic N) is 4. The van der Waals surface area contributed by atoms with Crippen molar-refractivity contribution < 1.29 is 0 Å². The molecule has 8 unspecified atom stereocenters. The second-order valence-corrected chi connectivity index (χ2v) is 31.4. The maximum absolute atomic E-state index is 3.39. The maximum atomic E-state index is 3.39. The van der Waals surface area contributed by atoms with Crippen LogP contribution in [0.15, 0.2) is 223 Å². The molecule has 9 aromatic rings. The predicted octanol–water partition coefficient (Wildman–Crippen LogP) is 20.7. The number of aryl methyl sites for hydroxylation is 1. The third-order valence-electron chi connectivity index (χ3n) is 25.3. The predicted molar refractivity (Wildman–Crippen MR) is 397 cm³/mol. The molecule has 0 spiro atoms. The number of thioether (sulfide) groups is 1. The summed E-state index contributed by atoms with van der Waals surface area (Å²) in [4.78, 5) is 12.9. The number of hydrogen-bond donors (Lipinski definition) is 0. The first-order valence-corrected chi connectivity index (χ1v) is 37.6. The molecule has 9 aliphatic rings. The Hall–Kier alpha value is -7.18. The SMILES string of the molecule is Cc1cccc(-c2ccccc2)c1N1c2cc3c(cc2B2c4ccccc4N(c4ccccc4)c4cc(N(c5ccccc5)c5ccccc5)cc1c42)B1C2CCCCC2CC2CC(N(C4CCC(c5ccccc5)CC4)C4CCCC(C5CCCCC5)C4)CC(S3)C12. The van der Waals surface area contributed by atoms with Crippen molar-refractivity contribution in [2.75, 3.05) is 14.7 Å². The molecule has 0 aromatic heterocycles. The fraction of sp³-hybridized carbons (Fsp3) is 0.372. The van der Waals surface area contributed by atoms with Gasteiger partial charge >= 0.3 is 0 Å². The van der Waals surface area contributed by atoms with Crippen LogP contribution in [0.3, 0.4) is 0 Å². The average Bonchev–Trinajstić information content (AvgIpc) is 0.690. The molecule has 466 valence electrons. The number of hydrogen-bond acceptors (Lipinski definition) is 5. The van der Waals surface area contributed by atoms with Crippen molar-refractivity contribution in [3.8, 4) is 11.1 Å². The lowest BCUT2D eigenvalue weighted by molar-refractivity contribution is -0.00932. The highest BCUT2D eigenvalue weighted by Crippen LogP contribution is 2.62. The number of fused-ring (bicyclic) bond motifs is 8. The Balaban J connectivity index is 0.830. The van der Waals surface area contributed by atoms with Gasteiger partial charge in [0.2, 0.25) is 0 Å². The third kappa shape index (κ3) is 10.4. The van der Waals surface area contributed by atoms with Crippen LogP contribution in [0.1, 0.15) is 145 Å². The molecule has 6 fully saturated rings. The summed E-state index contributed by atoms with van der Waals surface area (Å²) in [5, 5.41) is 0.606. The lowest BCUT2D eigenvalue weighted by atomic mass is 9.21. The molecule has 8 atom stereocenters. The highest BCUT2D eigenvalue weighted by atomic mass is 32.2. The maximum Gasteiger partial charge on any atom is 0.252 e. The van der Waals surface area contributed by atoms with Gasteiger partial charge in [0.1, 0.15) is 0 Å². The summed E-state index contributed by atoms with van der Waals surface area (Å²) in [7, 11) is 0. The van der Waals surface area contributed by atoms with Crippen molar-refractivity contribution in [1.82, 2.24) is 4.90 Å². The van der Waals surface area contributed by atoms with Crippen LogP contribution >= 0.6 is 11.8 Å². The Morgan fingerprint density at radius 1 is 0.419 bits per heavy atom. The fourth-order valence-electron chi connectivity index (χ4n) is 21.6. The summed E-state index contributed by atoms with van der Waals surface area (Å²) in [5.41, 5.74) is 22.4. The van der Waals surface area contributed by atoms with E-state index in [2.05, 4.69) is 257 Å². The molecule has 0 amide bonds. The first-order chi connectivity index (χ1) is 46.1. The molecule has 18 rings (SSSR count). The molecule has 4 aliphatic heterocycles. The van der Waals surface area contributed by atoms with E-state index in [1.165, 1.54) is 196 Å². The highest BCUT2D eigenvalue weighted by Gasteiger charge is 2.58. The summed E-state index contributed by atoms with van der Waals surface area (Å²) < 4.78 is 0. The zero-order valence-corrected chi connectivity index (χ0v) is 55.4. The van der Waals surface area contributed by atoms with Gasteiger partial charge in [-0.2, -0.15) is 0 Å². The Kier molecular flexibility index (Phi) is 15.6. The topological polar surface area (TPSA) is 13.0 Å². The second-order valence-electron chi connectivity index (χ2n) is 30.1. The Labute approximate surface area is 559 Å². The van der Waals surface area contributed by atoms with Gasteiger partial charge in [-0.15, -0.1) is 11.8 Å². The van der Waals surface area contributed by atoms with Crippen LogP contribution in [0.2, 0.25) is 11.6 Å². The molecule has 0 radical (unpaired) electrons. The normalized spacial score (nSPS) is 26.3. The number of rotatable bonds is 11.